The van der Waals surface area contributed by atoms with E-state index in [4.69, 9.17) is 0 Å². The van der Waals surface area contributed by atoms with Gasteiger partial charge in [0.1, 0.15) is 11.6 Å². The average molecular weight is 521 g/mol. The number of hydrogen-bond donors (Lipinski definition) is 2. The largest absolute Gasteiger partial charge is 0.367 e. The number of thiazole rings is 1. The van der Waals surface area contributed by atoms with Crippen molar-refractivity contribution in [3.8, 4) is 0 Å². The first kappa shape index (κ1) is 22.8. The van der Waals surface area contributed by atoms with Crippen molar-refractivity contribution in [2.45, 2.75) is 32.7 Å². The number of hydrogen-bond acceptors (Lipinski definition) is 4. The fraction of sp³-hybridized carbons (Fsp3) is 0.474. The van der Waals surface area contributed by atoms with Crippen LogP contribution < -0.4 is 15.5 Å². The molecule has 154 valence electrons. The lowest BCUT2D eigenvalue weighted by Crippen LogP contribution is -2.44. The molecular formula is C19H26F2IN5S. The molecule has 2 N–H and O–H groups in total. The van der Waals surface area contributed by atoms with Crippen molar-refractivity contribution in [2.75, 3.05) is 31.1 Å². The summed E-state index contributed by atoms with van der Waals surface area (Å²) in [5.41, 5.74) is 0.446. The van der Waals surface area contributed by atoms with Crippen molar-refractivity contribution in [2.24, 2.45) is 4.99 Å². The first-order valence-electron chi connectivity index (χ1n) is 9.21. The molecule has 0 spiro atoms. The summed E-state index contributed by atoms with van der Waals surface area (Å²) in [6.07, 6.45) is 3.56. The molecule has 2 aromatic rings. The van der Waals surface area contributed by atoms with E-state index in [0.717, 1.165) is 43.0 Å². The minimum atomic E-state index is -0.554. The van der Waals surface area contributed by atoms with Gasteiger partial charge in [-0.3, -0.25) is 4.99 Å². The molecule has 0 amide bonds. The van der Waals surface area contributed by atoms with Crippen molar-refractivity contribution in [1.29, 1.82) is 0 Å². The molecule has 0 saturated carbocycles. The van der Waals surface area contributed by atoms with Gasteiger partial charge in [0.2, 0.25) is 0 Å². The maximum absolute atomic E-state index is 14.0. The fourth-order valence-corrected chi connectivity index (χ4v) is 3.90. The molecule has 1 unspecified atom stereocenters. The van der Waals surface area contributed by atoms with Crippen LogP contribution in [0.5, 0.6) is 0 Å². The molecule has 1 aromatic heterocycles. The van der Waals surface area contributed by atoms with Crippen LogP contribution in [-0.2, 0) is 6.42 Å². The molecule has 2 heterocycles. The molecule has 1 aliphatic heterocycles. The van der Waals surface area contributed by atoms with E-state index < -0.39 is 11.6 Å². The highest BCUT2D eigenvalue weighted by atomic mass is 127. The first-order chi connectivity index (χ1) is 13.0. The number of nitrogens with one attached hydrogen (secondary N) is 2. The van der Waals surface area contributed by atoms with Gasteiger partial charge in [-0.15, -0.1) is 35.3 Å². The molecule has 0 bridgehead atoms. The Hall–Kier alpha value is -1.49. The lowest BCUT2D eigenvalue weighted by atomic mass is 10.2. The van der Waals surface area contributed by atoms with Gasteiger partial charge in [-0.25, -0.2) is 13.8 Å². The monoisotopic (exact) mass is 521 g/mol. The Morgan fingerprint density at radius 3 is 2.89 bits per heavy atom. The van der Waals surface area contributed by atoms with Gasteiger partial charge >= 0.3 is 0 Å². The van der Waals surface area contributed by atoms with Crippen LogP contribution >= 0.6 is 35.3 Å². The predicted molar refractivity (Wildman–Crippen MR) is 122 cm³/mol. The Morgan fingerprint density at radius 1 is 1.39 bits per heavy atom. The topological polar surface area (TPSA) is 52.6 Å². The number of aliphatic imine (C=N–C) groups is 1. The zero-order valence-corrected chi connectivity index (χ0v) is 19.2. The second kappa shape index (κ2) is 10.9. The number of rotatable bonds is 6. The van der Waals surface area contributed by atoms with Crippen molar-refractivity contribution in [3.63, 3.8) is 0 Å². The number of guanidine groups is 1. The highest BCUT2D eigenvalue weighted by Crippen LogP contribution is 2.24. The summed E-state index contributed by atoms with van der Waals surface area (Å²) in [5.74, 6) is -0.311. The smallest absolute Gasteiger partial charge is 0.191 e. The zero-order valence-electron chi connectivity index (χ0n) is 16.0. The van der Waals surface area contributed by atoms with Crippen LogP contribution in [-0.4, -0.2) is 43.2 Å². The quantitative estimate of drug-likeness (QED) is 0.346. The minimum absolute atomic E-state index is 0. The molecule has 0 radical (unpaired) electrons. The normalized spacial score (nSPS) is 16.8. The predicted octanol–water partition coefficient (Wildman–Crippen LogP) is 3.72. The summed E-state index contributed by atoms with van der Waals surface area (Å²) in [6, 6.07) is 3.89. The number of anilines is 1. The molecule has 1 fully saturated rings. The van der Waals surface area contributed by atoms with Gasteiger partial charge in [0.15, 0.2) is 5.96 Å². The molecule has 0 aliphatic carbocycles. The van der Waals surface area contributed by atoms with E-state index in [0.29, 0.717) is 18.8 Å². The third kappa shape index (κ3) is 6.26. The van der Waals surface area contributed by atoms with Gasteiger partial charge in [0.25, 0.3) is 0 Å². The van der Waals surface area contributed by atoms with Gasteiger partial charge in [0.05, 0.1) is 10.7 Å². The standard InChI is InChI=1S/C19H25F2N5S.HI/c1-3-22-19(23-8-6-18-24-11-13(2)27-18)25-15-7-9-26(12-15)17-5-4-14(20)10-16(17)21;/h4-5,10-11,15H,3,6-9,12H2,1-2H3,(H2,22,23,25);1H. The summed E-state index contributed by atoms with van der Waals surface area (Å²) < 4.78 is 27.1. The van der Waals surface area contributed by atoms with E-state index in [9.17, 15) is 8.78 Å². The molecular weight excluding hydrogens is 495 g/mol. The summed E-state index contributed by atoms with van der Waals surface area (Å²) >= 11 is 1.70. The third-order valence-electron chi connectivity index (χ3n) is 4.39. The number of benzene rings is 1. The highest BCUT2D eigenvalue weighted by Gasteiger charge is 2.25. The minimum Gasteiger partial charge on any atom is -0.367 e. The maximum Gasteiger partial charge on any atom is 0.191 e. The number of halogens is 3. The fourth-order valence-electron chi connectivity index (χ4n) is 3.13. The van der Waals surface area contributed by atoms with Crippen molar-refractivity contribution in [3.05, 3.63) is 45.9 Å². The molecule has 1 aromatic carbocycles. The lowest BCUT2D eigenvalue weighted by Gasteiger charge is -2.21. The summed E-state index contributed by atoms with van der Waals surface area (Å²) in [6.45, 7) is 6.87. The van der Waals surface area contributed by atoms with Crippen molar-refractivity contribution in [1.82, 2.24) is 15.6 Å². The number of nitrogens with zero attached hydrogens (tertiary/aromatic N) is 3. The maximum atomic E-state index is 14.0. The Bertz CT molecular complexity index is 798. The van der Waals surface area contributed by atoms with E-state index in [2.05, 4.69) is 20.6 Å². The second-order valence-corrected chi connectivity index (χ2v) is 7.87. The van der Waals surface area contributed by atoms with E-state index in [1.54, 1.807) is 11.3 Å². The van der Waals surface area contributed by atoms with E-state index in [1.807, 2.05) is 24.9 Å². The third-order valence-corrected chi connectivity index (χ3v) is 5.36. The Balaban J connectivity index is 0.00000280. The molecule has 5 nitrogen and oxygen atoms in total. The molecule has 28 heavy (non-hydrogen) atoms. The Labute approximate surface area is 185 Å². The van der Waals surface area contributed by atoms with Gasteiger partial charge in [-0.05, 0) is 32.4 Å². The van der Waals surface area contributed by atoms with Gasteiger partial charge in [-0.1, -0.05) is 0 Å². The van der Waals surface area contributed by atoms with Crippen LogP contribution in [0.1, 0.15) is 23.2 Å². The van der Waals surface area contributed by atoms with Crippen LogP contribution in [0.4, 0.5) is 14.5 Å². The van der Waals surface area contributed by atoms with E-state index in [-0.39, 0.29) is 30.0 Å². The van der Waals surface area contributed by atoms with Crippen molar-refractivity contribution >= 4 is 47.0 Å². The van der Waals surface area contributed by atoms with Crippen molar-refractivity contribution < 1.29 is 8.78 Å². The van der Waals surface area contributed by atoms with Gasteiger partial charge < -0.3 is 15.5 Å². The Kier molecular flexibility index (Phi) is 8.87. The lowest BCUT2D eigenvalue weighted by molar-refractivity contribution is 0.580. The summed E-state index contributed by atoms with van der Waals surface area (Å²) in [4.78, 5) is 12.1. The summed E-state index contributed by atoms with van der Waals surface area (Å²) in [5, 5.41) is 7.77. The van der Waals surface area contributed by atoms with Crippen LogP contribution in [0.2, 0.25) is 0 Å². The molecule has 1 saturated heterocycles. The number of aryl methyl sites for hydroxylation is 1. The van der Waals surface area contributed by atoms with Crippen LogP contribution in [0.3, 0.4) is 0 Å². The first-order valence-corrected chi connectivity index (χ1v) is 10.0. The van der Waals surface area contributed by atoms with E-state index in [1.165, 1.54) is 17.0 Å². The molecule has 1 aliphatic rings. The summed E-state index contributed by atoms with van der Waals surface area (Å²) in [7, 11) is 0. The second-order valence-electron chi connectivity index (χ2n) is 6.55. The van der Waals surface area contributed by atoms with Gasteiger partial charge in [0, 0.05) is 55.8 Å². The molecule has 1 atom stereocenters. The molecule has 3 rings (SSSR count). The van der Waals surface area contributed by atoms with Crippen LogP contribution in [0.15, 0.2) is 29.4 Å². The zero-order chi connectivity index (χ0) is 19.2. The highest BCUT2D eigenvalue weighted by molar-refractivity contribution is 14.0. The van der Waals surface area contributed by atoms with Gasteiger partial charge in [-0.2, -0.15) is 0 Å². The molecule has 9 heteroatoms. The van der Waals surface area contributed by atoms with Crippen LogP contribution in [0, 0.1) is 18.6 Å². The van der Waals surface area contributed by atoms with E-state index >= 15 is 0 Å². The average Bonchev–Trinajstić information content (AvgIpc) is 3.24. The number of aromatic nitrogens is 1. The Morgan fingerprint density at radius 2 is 2.21 bits per heavy atom. The van der Waals surface area contributed by atoms with Crippen LogP contribution in [0.25, 0.3) is 0 Å². The SMILES string of the molecule is CCNC(=NCCc1ncc(C)s1)NC1CCN(c2ccc(F)cc2F)C1.I.